The number of nitrogens with two attached hydrogens (primary N) is 1. The Hall–Kier alpha value is -0.400. The third-order valence-corrected chi connectivity index (χ3v) is 2.40. The third-order valence-electron chi connectivity index (χ3n) is 1.34. The zero-order valence-corrected chi connectivity index (χ0v) is 10.0. The number of nitrogens with one attached hydrogen (secondary N) is 2. The average Bonchev–Trinajstić information content (AvgIpc) is 1.98. The van der Waals surface area contributed by atoms with Gasteiger partial charge in [0.15, 0.2) is 5.11 Å². The molecule has 0 aliphatic heterocycles. The maximum Gasteiger partial charge on any atom is 0.210 e. The largest absolute Gasteiger partial charge is 0.362 e. The minimum Gasteiger partial charge on any atom is -0.362 e. The molecule has 0 spiro atoms. The molecule has 0 aromatic rings. The Morgan fingerprint density at radius 3 is 2.43 bits per heavy atom. The number of primary sulfonamides is 1. The van der Waals surface area contributed by atoms with Gasteiger partial charge >= 0.3 is 0 Å². The van der Waals surface area contributed by atoms with E-state index in [9.17, 15) is 8.42 Å². The predicted molar refractivity (Wildman–Crippen MR) is 61.4 cm³/mol. The maximum atomic E-state index is 10.6. The summed E-state index contributed by atoms with van der Waals surface area (Å²) in [5, 5.41) is 11.0. The van der Waals surface area contributed by atoms with Crippen LogP contribution in [-0.2, 0) is 10.0 Å². The summed E-state index contributed by atoms with van der Waals surface area (Å²) in [5.41, 5.74) is 0. The van der Waals surface area contributed by atoms with E-state index in [2.05, 4.69) is 24.5 Å². The standard InChI is InChI=1S/C7H17N3O2S2/c1-6(2)5-10-7(13)9-3-4-14(8,11)12/h6H,3-5H2,1-2H3,(H2,8,11,12)(H2,9,10,13). The molecule has 0 unspecified atom stereocenters. The highest BCUT2D eigenvalue weighted by Crippen LogP contribution is 1.86. The van der Waals surface area contributed by atoms with E-state index in [0.29, 0.717) is 11.0 Å². The molecule has 0 aromatic carbocycles. The maximum absolute atomic E-state index is 10.6. The van der Waals surface area contributed by atoms with Crippen molar-refractivity contribution < 1.29 is 8.42 Å². The van der Waals surface area contributed by atoms with Crippen LogP contribution >= 0.6 is 12.2 Å². The van der Waals surface area contributed by atoms with E-state index in [1.54, 1.807) is 0 Å². The van der Waals surface area contributed by atoms with E-state index < -0.39 is 10.0 Å². The average molecular weight is 239 g/mol. The molecule has 0 fully saturated rings. The van der Waals surface area contributed by atoms with Gasteiger partial charge in [-0.2, -0.15) is 0 Å². The van der Waals surface area contributed by atoms with E-state index in [1.807, 2.05) is 0 Å². The lowest BCUT2D eigenvalue weighted by molar-refractivity contribution is 0.595. The van der Waals surface area contributed by atoms with Crippen molar-refractivity contribution in [1.29, 1.82) is 0 Å². The molecule has 0 aromatic heterocycles. The summed E-state index contributed by atoms with van der Waals surface area (Å²) in [4.78, 5) is 0. The van der Waals surface area contributed by atoms with E-state index >= 15 is 0 Å². The zero-order valence-electron chi connectivity index (χ0n) is 8.41. The van der Waals surface area contributed by atoms with Crippen molar-refractivity contribution in [1.82, 2.24) is 10.6 Å². The SMILES string of the molecule is CC(C)CNC(=S)NCCS(N)(=O)=O. The van der Waals surface area contributed by atoms with Crippen LogP contribution in [0.3, 0.4) is 0 Å². The second-order valence-electron chi connectivity index (χ2n) is 3.40. The van der Waals surface area contributed by atoms with Gasteiger partial charge in [0.1, 0.15) is 0 Å². The monoisotopic (exact) mass is 239 g/mol. The first kappa shape index (κ1) is 13.6. The first-order valence-corrected chi connectivity index (χ1v) is 6.46. The van der Waals surface area contributed by atoms with E-state index in [4.69, 9.17) is 17.4 Å². The fourth-order valence-electron chi connectivity index (χ4n) is 0.666. The van der Waals surface area contributed by atoms with Crippen LogP contribution in [0.1, 0.15) is 13.8 Å². The molecule has 4 N–H and O–H groups in total. The predicted octanol–water partition coefficient (Wildman–Crippen LogP) is -0.605. The number of thiocarbonyl (C=S) groups is 1. The lowest BCUT2D eigenvalue weighted by atomic mass is 10.2. The van der Waals surface area contributed by atoms with Gasteiger partial charge < -0.3 is 10.6 Å². The molecule has 0 aliphatic carbocycles. The first-order valence-electron chi connectivity index (χ1n) is 4.33. The number of hydrogen-bond donors (Lipinski definition) is 3. The molecule has 14 heavy (non-hydrogen) atoms. The topological polar surface area (TPSA) is 84.2 Å². The van der Waals surface area contributed by atoms with Crippen molar-refractivity contribution >= 4 is 27.4 Å². The van der Waals surface area contributed by atoms with Crippen molar-refractivity contribution in [2.24, 2.45) is 11.1 Å². The molecule has 84 valence electrons. The van der Waals surface area contributed by atoms with Crippen LogP contribution in [0.2, 0.25) is 0 Å². The zero-order chi connectivity index (χ0) is 11.2. The lowest BCUT2D eigenvalue weighted by Gasteiger charge is -2.11. The molecular formula is C7H17N3O2S2. The summed E-state index contributed by atoms with van der Waals surface area (Å²) in [7, 11) is -3.40. The van der Waals surface area contributed by atoms with E-state index in [1.165, 1.54) is 0 Å². The first-order chi connectivity index (χ1) is 6.31. The van der Waals surface area contributed by atoms with Gasteiger partial charge in [0, 0.05) is 13.1 Å². The molecule has 5 nitrogen and oxygen atoms in total. The van der Waals surface area contributed by atoms with Crippen molar-refractivity contribution in [2.45, 2.75) is 13.8 Å². The van der Waals surface area contributed by atoms with Crippen molar-refractivity contribution in [3.05, 3.63) is 0 Å². The minimum atomic E-state index is -3.40. The second kappa shape index (κ2) is 6.15. The summed E-state index contributed by atoms with van der Waals surface area (Å²) in [6, 6.07) is 0. The molecule has 0 atom stereocenters. The highest BCUT2D eigenvalue weighted by Gasteiger charge is 2.02. The summed E-state index contributed by atoms with van der Waals surface area (Å²) < 4.78 is 21.1. The number of hydrogen-bond acceptors (Lipinski definition) is 3. The molecule has 0 bridgehead atoms. The highest BCUT2D eigenvalue weighted by molar-refractivity contribution is 7.89. The molecule has 0 heterocycles. The molecule has 0 saturated heterocycles. The Morgan fingerprint density at radius 1 is 1.43 bits per heavy atom. The van der Waals surface area contributed by atoms with Gasteiger partial charge in [-0.25, -0.2) is 13.6 Å². The van der Waals surface area contributed by atoms with Gasteiger partial charge in [-0.3, -0.25) is 0 Å². The Balaban J connectivity index is 3.55. The van der Waals surface area contributed by atoms with Gasteiger partial charge in [-0.05, 0) is 18.1 Å². The van der Waals surface area contributed by atoms with Crippen LogP contribution in [0.4, 0.5) is 0 Å². The van der Waals surface area contributed by atoms with Gasteiger partial charge in [0.2, 0.25) is 10.0 Å². The Morgan fingerprint density at radius 2 is 2.00 bits per heavy atom. The molecule has 7 heteroatoms. The number of sulfonamides is 1. The highest BCUT2D eigenvalue weighted by atomic mass is 32.2. The Kier molecular flexibility index (Phi) is 5.98. The fraction of sp³-hybridized carbons (Fsp3) is 0.857. The molecule has 0 aliphatic rings. The molecule has 0 rings (SSSR count). The summed E-state index contributed by atoms with van der Waals surface area (Å²) in [5.74, 6) is 0.379. The second-order valence-corrected chi connectivity index (χ2v) is 5.54. The number of rotatable bonds is 5. The van der Waals surface area contributed by atoms with Gasteiger partial charge in [-0.1, -0.05) is 13.8 Å². The summed E-state index contributed by atoms with van der Waals surface area (Å²) >= 11 is 4.90. The molecular weight excluding hydrogens is 222 g/mol. The van der Waals surface area contributed by atoms with Crippen LogP contribution in [0.15, 0.2) is 0 Å². The van der Waals surface area contributed by atoms with Gasteiger partial charge in [-0.15, -0.1) is 0 Å². The quantitative estimate of drug-likeness (QED) is 0.558. The summed E-state index contributed by atoms with van der Waals surface area (Å²) in [6.45, 7) is 5.11. The van der Waals surface area contributed by atoms with Crippen molar-refractivity contribution in [3.8, 4) is 0 Å². The van der Waals surface area contributed by atoms with Crippen LogP contribution in [0, 0.1) is 5.92 Å². The molecule has 0 saturated carbocycles. The lowest BCUT2D eigenvalue weighted by Crippen LogP contribution is -2.40. The minimum absolute atomic E-state index is 0.115. The molecule has 0 amide bonds. The van der Waals surface area contributed by atoms with Crippen LogP contribution in [0.5, 0.6) is 0 Å². The van der Waals surface area contributed by atoms with Gasteiger partial charge in [0.05, 0.1) is 5.75 Å². The van der Waals surface area contributed by atoms with Gasteiger partial charge in [0.25, 0.3) is 0 Å². The fourth-order valence-corrected chi connectivity index (χ4v) is 1.24. The Labute approximate surface area is 90.5 Å². The van der Waals surface area contributed by atoms with Crippen LogP contribution < -0.4 is 15.8 Å². The Bertz CT molecular complexity index is 275. The van der Waals surface area contributed by atoms with Crippen molar-refractivity contribution in [3.63, 3.8) is 0 Å². The van der Waals surface area contributed by atoms with Crippen LogP contribution in [-0.4, -0.2) is 32.4 Å². The summed E-state index contributed by atoms with van der Waals surface area (Å²) in [6.07, 6.45) is 0. The van der Waals surface area contributed by atoms with Crippen molar-refractivity contribution in [2.75, 3.05) is 18.8 Å². The smallest absolute Gasteiger partial charge is 0.210 e. The normalized spacial score (nSPS) is 11.4. The molecule has 0 radical (unpaired) electrons. The van der Waals surface area contributed by atoms with Crippen LogP contribution in [0.25, 0.3) is 0 Å². The third kappa shape index (κ3) is 9.69. The van der Waals surface area contributed by atoms with E-state index in [-0.39, 0.29) is 12.3 Å². The van der Waals surface area contributed by atoms with E-state index in [0.717, 1.165) is 6.54 Å².